The number of esters is 1. The minimum Gasteiger partial charge on any atom is -0.456 e. The zero-order valence-electron chi connectivity index (χ0n) is 14.6. The molecule has 1 aliphatic rings. The minimum atomic E-state index is -0.617. The van der Waals surface area contributed by atoms with Crippen molar-refractivity contribution in [2.24, 2.45) is 0 Å². The van der Waals surface area contributed by atoms with Crippen LogP contribution in [0.25, 0.3) is 0 Å². The maximum absolute atomic E-state index is 11.8. The van der Waals surface area contributed by atoms with Crippen molar-refractivity contribution < 1.29 is 19.1 Å². The number of carbonyl (C=O) groups is 3. The molecule has 0 bridgehead atoms. The molecular weight excluding hydrogens is 320 g/mol. The fourth-order valence-corrected chi connectivity index (χ4v) is 2.99. The Hall–Kier alpha value is -2.37. The lowest BCUT2D eigenvalue weighted by molar-refractivity contribution is -0.148. The van der Waals surface area contributed by atoms with Crippen LogP contribution in [0.5, 0.6) is 0 Å². The molecule has 6 nitrogen and oxygen atoms in total. The van der Waals surface area contributed by atoms with Crippen molar-refractivity contribution in [3.05, 3.63) is 35.9 Å². The van der Waals surface area contributed by atoms with Crippen LogP contribution in [-0.4, -0.2) is 30.6 Å². The predicted molar refractivity (Wildman–Crippen MR) is 94.0 cm³/mol. The first kappa shape index (κ1) is 19.0. The van der Waals surface area contributed by atoms with E-state index in [2.05, 4.69) is 10.6 Å². The number of amides is 3. The summed E-state index contributed by atoms with van der Waals surface area (Å²) in [5, 5.41) is 4.98. The monoisotopic (exact) mass is 346 g/mol. The van der Waals surface area contributed by atoms with E-state index >= 15 is 0 Å². The predicted octanol–water partition coefficient (Wildman–Crippen LogP) is 2.88. The molecule has 136 valence electrons. The van der Waals surface area contributed by atoms with E-state index in [0.29, 0.717) is 0 Å². The zero-order chi connectivity index (χ0) is 18.1. The zero-order valence-corrected chi connectivity index (χ0v) is 14.6. The van der Waals surface area contributed by atoms with Crippen molar-refractivity contribution in [3.8, 4) is 0 Å². The Kier molecular flexibility index (Phi) is 7.44. The first-order valence-electron chi connectivity index (χ1n) is 8.85. The SMILES string of the molecule is CC(CC(=O)OCC(=O)NC(=O)NC1CCCCC1)c1ccccc1. The highest BCUT2D eigenvalue weighted by Gasteiger charge is 2.18. The molecule has 1 aliphatic carbocycles. The van der Waals surface area contributed by atoms with Crippen molar-refractivity contribution >= 4 is 17.9 Å². The van der Waals surface area contributed by atoms with Gasteiger partial charge in [-0.1, -0.05) is 56.5 Å². The smallest absolute Gasteiger partial charge is 0.321 e. The standard InChI is InChI=1S/C19H26N2O4/c1-14(15-8-4-2-5-9-15)12-18(23)25-13-17(22)21-19(24)20-16-10-6-3-7-11-16/h2,4-5,8-9,14,16H,3,6-7,10-13H2,1H3,(H2,20,21,22,24). The number of hydrogen-bond donors (Lipinski definition) is 2. The molecule has 0 radical (unpaired) electrons. The number of urea groups is 1. The van der Waals surface area contributed by atoms with Crippen LogP contribution in [0, 0.1) is 0 Å². The maximum atomic E-state index is 11.8. The third-order valence-electron chi connectivity index (χ3n) is 4.40. The Labute approximate surface area is 148 Å². The van der Waals surface area contributed by atoms with Gasteiger partial charge in [-0.25, -0.2) is 4.79 Å². The van der Waals surface area contributed by atoms with E-state index in [1.54, 1.807) is 0 Å². The minimum absolute atomic E-state index is 0.00589. The van der Waals surface area contributed by atoms with Crippen LogP contribution in [0.2, 0.25) is 0 Å². The van der Waals surface area contributed by atoms with Crippen LogP contribution in [0.4, 0.5) is 4.79 Å². The quantitative estimate of drug-likeness (QED) is 0.776. The molecule has 1 atom stereocenters. The third-order valence-corrected chi connectivity index (χ3v) is 4.40. The highest BCUT2D eigenvalue weighted by molar-refractivity contribution is 5.95. The summed E-state index contributed by atoms with van der Waals surface area (Å²) in [6, 6.07) is 9.23. The average molecular weight is 346 g/mol. The summed E-state index contributed by atoms with van der Waals surface area (Å²) in [5.41, 5.74) is 1.04. The first-order valence-corrected chi connectivity index (χ1v) is 8.85. The molecular formula is C19H26N2O4. The number of carbonyl (C=O) groups excluding carboxylic acids is 3. The first-order chi connectivity index (χ1) is 12.0. The molecule has 0 spiro atoms. The van der Waals surface area contributed by atoms with E-state index in [1.807, 2.05) is 37.3 Å². The second-order valence-corrected chi connectivity index (χ2v) is 6.53. The Morgan fingerprint density at radius 2 is 1.80 bits per heavy atom. The van der Waals surface area contributed by atoms with Gasteiger partial charge in [-0.15, -0.1) is 0 Å². The number of rotatable bonds is 6. The van der Waals surface area contributed by atoms with Crippen LogP contribution in [0.3, 0.4) is 0 Å². The molecule has 2 N–H and O–H groups in total. The summed E-state index contributed by atoms with van der Waals surface area (Å²) >= 11 is 0. The van der Waals surface area contributed by atoms with E-state index in [0.717, 1.165) is 31.2 Å². The largest absolute Gasteiger partial charge is 0.456 e. The number of hydrogen-bond acceptors (Lipinski definition) is 4. The van der Waals surface area contributed by atoms with Crippen LogP contribution >= 0.6 is 0 Å². The normalized spacial score (nSPS) is 15.9. The molecule has 1 aromatic rings. The van der Waals surface area contributed by atoms with Crippen LogP contribution in [0.15, 0.2) is 30.3 Å². The molecule has 1 saturated carbocycles. The Bertz CT molecular complexity index is 582. The van der Waals surface area contributed by atoms with Gasteiger partial charge in [-0.3, -0.25) is 14.9 Å². The molecule has 0 aromatic heterocycles. The van der Waals surface area contributed by atoms with Crippen LogP contribution < -0.4 is 10.6 Å². The summed E-state index contributed by atoms with van der Waals surface area (Å²) in [7, 11) is 0. The number of benzene rings is 1. The van der Waals surface area contributed by atoms with Gasteiger partial charge in [-0.2, -0.15) is 0 Å². The number of nitrogens with one attached hydrogen (secondary N) is 2. The van der Waals surface area contributed by atoms with Crippen LogP contribution in [0.1, 0.15) is 56.9 Å². The summed E-state index contributed by atoms with van der Waals surface area (Å²) in [6.45, 7) is 1.48. The molecule has 3 amide bonds. The Morgan fingerprint density at radius 3 is 2.48 bits per heavy atom. The molecule has 6 heteroatoms. The third kappa shape index (κ3) is 6.95. The fraction of sp³-hybridized carbons (Fsp3) is 0.526. The molecule has 0 heterocycles. The average Bonchev–Trinajstić information content (AvgIpc) is 2.61. The summed E-state index contributed by atoms with van der Waals surface area (Å²) in [6.07, 6.45) is 5.44. The molecule has 0 aliphatic heterocycles. The van der Waals surface area contributed by atoms with Gasteiger partial charge < -0.3 is 10.1 Å². The molecule has 25 heavy (non-hydrogen) atoms. The van der Waals surface area contributed by atoms with Gasteiger partial charge in [-0.05, 0) is 24.3 Å². The summed E-state index contributed by atoms with van der Waals surface area (Å²) in [4.78, 5) is 35.3. The molecule has 1 fully saturated rings. The second-order valence-electron chi connectivity index (χ2n) is 6.53. The van der Waals surface area contributed by atoms with Crippen molar-refractivity contribution in [3.63, 3.8) is 0 Å². The Balaban J connectivity index is 1.65. The van der Waals surface area contributed by atoms with Gasteiger partial charge in [0.25, 0.3) is 5.91 Å². The molecule has 1 aromatic carbocycles. The van der Waals surface area contributed by atoms with Crippen LogP contribution in [-0.2, 0) is 14.3 Å². The topological polar surface area (TPSA) is 84.5 Å². The lowest BCUT2D eigenvalue weighted by Crippen LogP contribution is -2.46. The van der Waals surface area contributed by atoms with Crippen molar-refractivity contribution in [1.29, 1.82) is 0 Å². The van der Waals surface area contributed by atoms with Crippen molar-refractivity contribution in [2.75, 3.05) is 6.61 Å². The number of imide groups is 1. The lowest BCUT2D eigenvalue weighted by Gasteiger charge is -2.22. The Morgan fingerprint density at radius 1 is 1.12 bits per heavy atom. The van der Waals surface area contributed by atoms with E-state index in [1.165, 1.54) is 6.42 Å². The summed E-state index contributed by atoms with van der Waals surface area (Å²) < 4.78 is 4.96. The van der Waals surface area contributed by atoms with Gasteiger partial charge in [0.15, 0.2) is 6.61 Å². The van der Waals surface area contributed by atoms with Gasteiger partial charge in [0.2, 0.25) is 0 Å². The van der Waals surface area contributed by atoms with Gasteiger partial charge >= 0.3 is 12.0 Å². The van der Waals surface area contributed by atoms with Crippen molar-refractivity contribution in [1.82, 2.24) is 10.6 Å². The maximum Gasteiger partial charge on any atom is 0.321 e. The molecule has 2 rings (SSSR count). The van der Waals surface area contributed by atoms with E-state index in [9.17, 15) is 14.4 Å². The molecule has 1 unspecified atom stereocenters. The highest BCUT2D eigenvalue weighted by atomic mass is 16.5. The molecule has 0 saturated heterocycles. The fourth-order valence-electron chi connectivity index (χ4n) is 2.99. The van der Waals surface area contributed by atoms with Gasteiger partial charge in [0.05, 0.1) is 6.42 Å². The lowest BCUT2D eigenvalue weighted by atomic mass is 9.96. The highest BCUT2D eigenvalue weighted by Crippen LogP contribution is 2.19. The van der Waals surface area contributed by atoms with E-state index in [4.69, 9.17) is 4.74 Å². The van der Waals surface area contributed by atoms with E-state index in [-0.39, 0.29) is 18.4 Å². The number of ether oxygens (including phenoxy) is 1. The van der Waals surface area contributed by atoms with Gasteiger partial charge in [0.1, 0.15) is 0 Å². The van der Waals surface area contributed by atoms with Crippen molar-refractivity contribution in [2.45, 2.75) is 57.4 Å². The second kappa shape index (κ2) is 9.81. The summed E-state index contributed by atoms with van der Waals surface area (Å²) in [5.74, 6) is -1.07. The van der Waals surface area contributed by atoms with Gasteiger partial charge in [0, 0.05) is 6.04 Å². The van der Waals surface area contributed by atoms with E-state index < -0.39 is 24.5 Å².